The molecular formula is C40H40CuF6IN12O4. The van der Waals surface area contributed by atoms with E-state index < -0.39 is 24.3 Å². The van der Waals surface area contributed by atoms with Crippen molar-refractivity contribution in [1.29, 1.82) is 0 Å². The third kappa shape index (κ3) is 14.1. The topological polar surface area (TPSA) is 244 Å². The van der Waals surface area contributed by atoms with Crippen molar-refractivity contribution in [2.45, 2.75) is 45.7 Å². The van der Waals surface area contributed by atoms with E-state index in [0.29, 0.717) is 17.4 Å². The van der Waals surface area contributed by atoms with Gasteiger partial charge in [-0.3, -0.25) is 9.97 Å². The predicted octanol–water partition coefficient (Wildman–Crippen LogP) is 9.67. The van der Waals surface area contributed by atoms with Crippen molar-refractivity contribution in [3.63, 3.8) is 0 Å². The number of nitrogen functional groups attached to an aromatic ring is 4. The number of benzene rings is 1. The summed E-state index contributed by atoms with van der Waals surface area (Å²) in [7, 11) is 2.70. The summed E-state index contributed by atoms with van der Waals surface area (Å²) in [6.07, 6.45) is 1.57. The van der Waals surface area contributed by atoms with Gasteiger partial charge in [0.15, 0.2) is 35.6 Å². The number of methoxy groups -OCH3 is 2. The van der Waals surface area contributed by atoms with Crippen LogP contribution in [0.1, 0.15) is 56.5 Å². The molecule has 0 spiro atoms. The minimum atomic E-state index is -4.66. The van der Waals surface area contributed by atoms with Crippen molar-refractivity contribution in [2.75, 3.05) is 37.2 Å². The van der Waals surface area contributed by atoms with E-state index in [0.717, 1.165) is 44.2 Å². The van der Waals surface area contributed by atoms with Crippen molar-refractivity contribution < 1.29 is 62.4 Å². The van der Waals surface area contributed by atoms with Gasteiger partial charge >= 0.3 is 23.2 Å². The van der Waals surface area contributed by atoms with E-state index in [-0.39, 0.29) is 69.6 Å². The van der Waals surface area contributed by atoms with Crippen molar-refractivity contribution in [1.82, 2.24) is 39.9 Å². The molecule has 7 rings (SSSR count). The first kappa shape index (κ1) is 52.1. The molecule has 0 saturated heterocycles. The van der Waals surface area contributed by atoms with Gasteiger partial charge in [-0.2, -0.15) is 23.1 Å². The number of fused-ring (bicyclic) bond motifs is 3. The Kier molecular flexibility index (Phi) is 19.1. The minimum Gasteiger partial charge on any atom is -0.481 e. The predicted molar refractivity (Wildman–Crippen MR) is 233 cm³/mol. The van der Waals surface area contributed by atoms with Crippen LogP contribution in [0.4, 0.5) is 49.9 Å². The molecule has 0 amide bonds. The van der Waals surface area contributed by atoms with E-state index in [1.807, 2.05) is 32.0 Å². The van der Waals surface area contributed by atoms with Crippen LogP contribution in [0.15, 0.2) is 73.3 Å². The number of nitrogens with two attached hydrogens (primary N) is 4. The number of aromatic nitrogens is 8. The zero-order chi connectivity index (χ0) is 46.6. The second kappa shape index (κ2) is 23.4. The average molecular weight is 1060 g/mol. The van der Waals surface area contributed by atoms with Crippen LogP contribution in [-0.4, -0.2) is 54.1 Å². The number of hydrogen-bond acceptors (Lipinski definition) is 16. The van der Waals surface area contributed by atoms with Crippen LogP contribution in [0.3, 0.4) is 0 Å². The molecule has 7 aromatic rings. The average Bonchev–Trinajstić information content (AvgIpc) is 3.22. The van der Waals surface area contributed by atoms with Gasteiger partial charge in [0.2, 0.25) is 23.7 Å². The van der Waals surface area contributed by atoms with Crippen LogP contribution in [0, 0.1) is 10.2 Å². The Hall–Kier alpha value is -6.27. The molecule has 64 heavy (non-hydrogen) atoms. The van der Waals surface area contributed by atoms with Gasteiger partial charge in [-0.15, -0.1) is 0 Å². The standard InChI is InChI=1S/C14H16F3N5O2.C13H16IN5O2.C12H8N2.CF3.Cu/c1-6(2)10-8(24-9-5-20-13(19)22-11(9)18)4-7(14(15,16)17)12(21-10)23-3;1-6(2)10-8(4-7(14)12(18-10)20-3)21-9-5-17-13(16)19-11(9)15;1-3-9-5-6-10-4-2-8-14-12(10)11(9)13-7-1;2-1(3)4;/h4-6H,1-3H3,(H4,18,19,20,22);4-6H,1-3H3,(H4,15,16,17,19);1-8H;;/q;;;-1;+1. The molecule has 0 unspecified atom stereocenters. The minimum absolute atomic E-state index is 0. The summed E-state index contributed by atoms with van der Waals surface area (Å²) < 4.78 is 90.4. The Labute approximate surface area is 386 Å². The summed E-state index contributed by atoms with van der Waals surface area (Å²) in [5, 5.41) is 2.28. The first-order valence-electron chi connectivity index (χ1n) is 18.2. The monoisotopic (exact) mass is 1060 g/mol. The number of hydrogen-bond donors (Lipinski definition) is 4. The smallest absolute Gasteiger partial charge is 0.481 e. The Morgan fingerprint density at radius 2 is 1.02 bits per heavy atom. The number of pyridine rings is 4. The summed E-state index contributed by atoms with van der Waals surface area (Å²) in [6.45, 7) is 4.46. The maximum atomic E-state index is 13.2. The summed E-state index contributed by atoms with van der Waals surface area (Å²) in [6, 6.07) is 14.8. The van der Waals surface area contributed by atoms with Crippen LogP contribution in [0.2, 0.25) is 0 Å². The Balaban J connectivity index is 0.000000249. The van der Waals surface area contributed by atoms with E-state index in [1.165, 1.54) is 12.4 Å². The van der Waals surface area contributed by atoms with Crippen LogP contribution in [-0.2, 0) is 23.2 Å². The van der Waals surface area contributed by atoms with E-state index >= 15 is 0 Å². The molecule has 8 N–H and O–H groups in total. The fourth-order valence-corrected chi connectivity index (χ4v) is 5.95. The normalized spacial score (nSPS) is 10.8. The maximum absolute atomic E-state index is 13.2. The number of alkyl halides is 3. The molecule has 0 saturated carbocycles. The second-order valence-electron chi connectivity index (χ2n) is 13.2. The van der Waals surface area contributed by atoms with Gasteiger partial charge in [0.25, 0.3) is 0 Å². The van der Waals surface area contributed by atoms with Crippen molar-refractivity contribution in [3.8, 4) is 34.8 Å². The van der Waals surface area contributed by atoms with Crippen LogP contribution < -0.4 is 41.9 Å². The zero-order valence-corrected chi connectivity index (χ0v) is 37.6. The second-order valence-corrected chi connectivity index (χ2v) is 14.4. The van der Waals surface area contributed by atoms with Crippen LogP contribution >= 0.6 is 22.6 Å². The van der Waals surface area contributed by atoms with E-state index in [2.05, 4.69) is 86.7 Å². The summed E-state index contributed by atoms with van der Waals surface area (Å²) in [4.78, 5) is 32.3. The quantitative estimate of drug-likeness (QED) is 0.0364. The Morgan fingerprint density at radius 1 is 0.609 bits per heavy atom. The number of ether oxygens (including phenoxy) is 4. The Bertz CT molecular complexity index is 2600. The third-order valence-corrected chi connectivity index (χ3v) is 8.86. The largest absolute Gasteiger partial charge is 1.00 e. The van der Waals surface area contributed by atoms with Crippen LogP contribution in [0.5, 0.6) is 34.8 Å². The number of halogens is 7. The van der Waals surface area contributed by atoms with E-state index in [9.17, 15) is 26.3 Å². The van der Waals surface area contributed by atoms with Gasteiger partial charge in [0, 0.05) is 35.3 Å². The zero-order valence-electron chi connectivity index (χ0n) is 34.6. The van der Waals surface area contributed by atoms with Gasteiger partial charge in [-0.25, -0.2) is 19.9 Å². The van der Waals surface area contributed by atoms with Crippen molar-refractivity contribution >= 4 is 67.9 Å². The summed E-state index contributed by atoms with van der Waals surface area (Å²) in [5.41, 5.74) is 24.2. The fraction of sp³-hybridized carbons (Fsp3) is 0.225. The molecule has 6 aromatic heterocycles. The third-order valence-electron chi connectivity index (χ3n) is 8.09. The molecule has 0 radical (unpaired) electrons. The SMILES string of the molecule is COc1nc(C(C)C)c(Oc2cnc(N)nc2N)cc1C(F)(F)F.COc1nc(C(C)C)c(Oc2cnc(N)nc2N)cc1I.F[C-](F)F.[Cu+].c1cnc2c(c1)ccc1cccnc12. The van der Waals surface area contributed by atoms with Crippen LogP contribution in [0.25, 0.3) is 21.8 Å². The Morgan fingerprint density at radius 3 is 1.39 bits per heavy atom. The maximum Gasteiger partial charge on any atom is 1.00 e. The molecule has 0 aliphatic rings. The first-order valence-corrected chi connectivity index (χ1v) is 19.3. The molecule has 24 heteroatoms. The molecule has 0 atom stereocenters. The molecule has 1 aromatic carbocycles. The first-order chi connectivity index (χ1) is 29.7. The summed E-state index contributed by atoms with van der Waals surface area (Å²) in [5.74, 6) is 0.875. The molecule has 0 aliphatic carbocycles. The summed E-state index contributed by atoms with van der Waals surface area (Å²) >= 11 is 2.13. The molecule has 6 heterocycles. The van der Waals surface area contributed by atoms with Crippen molar-refractivity contribution in [3.05, 3.63) is 101 Å². The molecule has 344 valence electrons. The van der Waals surface area contributed by atoms with Gasteiger partial charge < -0.3 is 55.1 Å². The van der Waals surface area contributed by atoms with E-state index in [4.69, 9.17) is 41.9 Å². The number of rotatable bonds is 8. The number of nitrogens with zero attached hydrogens (tertiary/aromatic N) is 8. The van der Waals surface area contributed by atoms with Gasteiger partial charge in [0.05, 0.1) is 52.6 Å². The van der Waals surface area contributed by atoms with Crippen molar-refractivity contribution in [2.24, 2.45) is 0 Å². The molecule has 0 bridgehead atoms. The number of anilines is 4. The van der Waals surface area contributed by atoms with Gasteiger partial charge in [-0.05, 0) is 46.6 Å². The van der Waals surface area contributed by atoms with E-state index in [1.54, 1.807) is 33.4 Å². The van der Waals surface area contributed by atoms with Gasteiger partial charge in [0.1, 0.15) is 11.3 Å². The van der Waals surface area contributed by atoms with Gasteiger partial charge in [-0.1, -0.05) is 52.0 Å². The molecule has 0 aliphatic heterocycles. The fourth-order valence-electron chi connectivity index (χ4n) is 5.32. The molecule has 16 nitrogen and oxygen atoms in total. The molecular weight excluding hydrogens is 1020 g/mol. The molecule has 0 fully saturated rings.